The van der Waals surface area contributed by atoms with E-state index < -0.39 is 33.9 Å². The molecule has 1 unspecified atom stereocenters. The maximum atomic E-state index is 12.5. The minimum absolute atomic E-state index is 2.95. The zero-order chi connectivity index (χ0) is 16.4. The summed E-state index contributed by atoms with van der Waals surface area (Å²) in [7, 11) is 0. The Labute approximate surface area is 118 Å². The van der Waals surface area contributed by atoms with Gasteiger partial charge >= 0.3 is 24.3 Å². The summed E-state index contributed by atoms with van der Waals surface area (Å²) in [6.45, 7) is 0. The van der Waals surface area contributed by atoms with E-state index in [0.717, 1.165) is 0 Å². The van der Waals surface area contributed by atoms with Crippen LogP contribution < -0.4 is 0 Å². The Morgan fingerprint density at radius 3 is 1.10 bits per heavy atom. The molecule has 0 saturated carbocycles. The van der Waals surface area contributed by atoms with Crippen LogP contribution in [0.4, 0.5) is 39.5 Å². The average molecular weight is 381 g/mol. The zero-order valence-electron chi connectivity index (χ0n) is 8.35. The van der Waals surface area contributed by atoms with Gasteiger partial charge in [0.1, 0.15) is 0 Å². The number of ether oxygens (including phenoxy) is 2. The number of hydrogen-bond acceptors (Lipinski definition) is 2. The van der Waals surface area contributed by atoms with E-state index in [1.54, 1.807) is 0 Å². The van der Waals surface area contributed by atoms with Gasteiger partial charge in [0.15, 0.2) is 0 Å². The lowest BCUT2D eigenvalue weighted by Gasteiger charge is -2.32. The lowest BCUT2D eigenvalue weighted by Crippen LogP contribution is -2.59. The topological polar surface area (TPSA) is 18.5 Å². The van der Waals surface area contributed by atoms with Gasteiger partial charge in [-0.05, 0) is 0 Å². The quantitative estimate of drug-likeness (QED) is 0.455. The van der Waals surface area contributed by atoms with Gasteiger partial charge in [0.2, 0.25) is 0 Å². The smallest absolute Gasteiger partial charge is 0.299 e. The van der Waals surface area contributed by atoms with Crippen molar-refractivity contribution in [3.63, 3.8) is 0 Å². The number of hydrogen-bond donors (Lipinski definition) is 0. The van der Waals surface area contributed by atoms with Crippen molar-refractivity contribution in [3.8, 4) is 0 Å². The molecular weight excluding hydrogens is 381 g/mol. The number of rotatable bonds is 0. The molecule has 1 fully saturated rings. The Balaban J connectivity index is 3.52. The van der Waals surface area contributed by atoms with Gasteiger partial charge in [-0.1, -0.05) is 34.8 Å². The first-order chi connectivity index (χ1) is 8.41. The van der Waals surface area contributed by atoms with Gasteiger partial charge in [-0.25, -0.2) is 0 Å². The van der Waals surface area contributed by atoms with E-state index >= 15 is 0 Å². The summed E-state index contributed by atoms with van der Waals surface area (Å²) in [5.74, 6) is -5.72. The molecule has 0 spiro atoms. The SMILES string of the molecule is FC(F)(F)C1(Cl)OC(C(F)(F)F)(C(F)(F)F)OC1(Cl)Cl. The highest BCUT2D eigenvalue weighted by Crippen LogP contribution is 2.65. The van der Waals surface area contributed by atoms with Crippen LogP contribution in [-0.2, 0) is 9.47 Å². The summed E-state index contributed by atoms with van der Waals surface area (Å²) in [5.41, 5.74) is 0. The molecule has 1 saturated heterocycles. The fourth-order valence-corrected chi connectivity index (χ4v) is 1.80. The summed E-state index contributed by atoms with van der Waals surface area (Å²) in [4.78, 5) is 0. The minimum atomic E-state index is -6.48. The van der Waals surface area contributed by atoms with Crippen molar-refractivity contribution in [2.75, 3.05) is 0 Å². The van der Waals surface area contributed by atoms with E-state index in [0.29, 0.717) is 0 Å². The molecule has 0 aliphatic carbocycles. The zero-order valence-corrected chi connectivity index (χ0v) is 10.6. The van der Waals surface area contributed by atoms with Crippen molar-refractivity contribution in [3.05, 3.63) is 0 Å². The van der Waals surface area contributed by atoms with Gasteiger partial charge in [-0.3, -0.25) is 9.47 Å². The highest BCUT2D eigenvalue weighted by atomic mass is 35.5. The van der Waals surface area contributed by atoms with E-state index in [4.69, 9.17) is 23.2 Å². The van der Waals surface area contributed by atoms with E-state index in [9.17, 15) is 39.5 Å². The second kappa shape index (κ2) is 4.34. The monoisotopic (exact) mass is 380 g/mol. The Hall–Kier alpha value is 0.160. The molecule has 20 heavy (non-hydrogen) atoms. The van der Waals surface area contributed by atoms with Gasteiger partial charge in [0, 0.05) is 0 Å². The van der Waals surface area contributed by atoms with Crippen LogP contribution in [0.15, 0.2) is 0 Å². The maximum absolute atomic E-state index is 12.5. The van der Waals surface area contributed by atoms with E-state index in [1.807, 2.05) is 0 Å². The Kier molecular flexibility index (Phi) is 3.95. The van der Waals surface area contributed by atoms with E-state index in [-0.39, 0.29) is 0 Å². The molecule has 0 bridgehead atoms. The number of halogens is 12. The second-order valence-corrected chi connectivity index (χ2v) is 5.22. The van der Waals surface area contributed by atoms with E-state index in [1.165, 1.54) is 0 Å². The summed E-state index contributed by atoms with van der Waals surface area (Å²) in [5, 5.41) is -4.78. The van der Waals surface area contributed by atoms with Crippen LogP contribution in [0, 0.1) is 0 Å². The normalized spacial score (nSPS) is 30.6. The van der Waals surface area contributed by atoms with Gasteiger partial charge in [0.25, 0.3) is 9.58 Å². The average Bonchev–Trinajstić information content (AvgIpc) is 2.32. The van der Waals surface area contributed by atoms with Crippen molar-refractivity contribution in [1.82, 2.24) is 0 Å². The van der Waals surface area contributed by atoms with Crippen LogP contribution >= 0.6 is 34.8 Å². The maximum Gasteiger partial charge on any atom is 0.453 e. The molecule has 2 nitrogen and oxygen atoms in total. The van der Waals surface area contributed by atoms with Gasteiger partial charge in [-0.15, -0.1) is 0 Å². The minimum Gasteiger partial charge on any atom is -0.299 e. The molecule has 1 aliphatic rings. The highest BCUT2D eigenvalue weighted by Gasteiger charge is 2.89. The Morgan fingerprint density at radius 2 is 0.950 bits per heavy atom. The predicted molar refractivity (Wildman–Crippen MR) is 46.1 cm³/mol. The van der Waals surface area contributed by atoms with Crippen molar-refractivity contribution in [1.29, 1.82) is 0 Å². The molecule has 14 heteroatoms. The molecule has 1 rings (SSSR count). The molecule has 1 aliphatic heterocycles. The lowest BCUT2D eigenvalue weighted by molar-refractivity contribution is -0.452. The fraction of sp³-hybridized carbons (Fsp3) is 1.00. The third kappa shape index (κ3) is 2.31. The molecule has 0 aromatic heterocycles. The Bertz CT molecular complexity index is 386. The molecular formula is C6Cl3F9O2. The third-order valence-electron chi connectivity index (χ3n) is 2.04. The molecule has 1 atom stereocenters. The summed E-state index contributed by atoms with van der Waals surface area (Å²) < 4.78 is 114. The first-order valence-corrected chi connectivity index (χ1v) is 5.22. The molecule has 120 valence electrons. The van der Waals surface area contributed by atoms with Crippen LogP contribution in [0.3, 0.4) is 0 Å². The lowest BCUT2D eigenvalue weighted by atomic mass is 10.2. The summed E-state index contributed by atoms with van der Waals surface area (Å²) in [6, 6.07) is 0. The molecule has 0 aromatic rings. The van der Waals surface area contributed by atoms with Crippen molar-refractivity contribution in [2.45, 2.75) is 33.9 Å². The van der Waals surface area contributed by atoms with Crippen LogP contribution in [0.2, 0.25) is 0 Å². The Morgan fingerprint density at radius 1 is 0.600 bits per heavy atom. The van der Waals surface area contributed by atoms with Crippen LogP contribution in [-0.4, -0.2) is 33.9 Å². The van der Waals surface area contributed by atoms with Crippen molar-refractivity contribution in [2.24, 2.45) is 0 Å². The van der Waals surface area contributed by atoms with Crippen LogP contribution in [0.25, 0.3) is 0 Å². The molecule has 0 N–H and O–H groups in total. The second-order valence-electron chi connectivity index (χ2n) is 3.43. The van der Waals surface area contributed by atoms with Crippen molar-refractivity contribution >= 4 is 34.8 Å². The third-order valence-corrected chi connectivity index (χ3v) is 3.48. The first kappa shape index (κ1) is 18.2. The van der Waals surface area contributed by atoms with Gasteiger partial charge < -0.3 is 0 Å². The largest absolute Gasteiger partial charge is 0.453 e. The molecule has 0 aromatic carbocycles. The fourth-order valence-electron chi connectivity index (χ4n) is 1.14. The summed E-state index contributed by atoms with van der Waals surface area (Å²) in [6.07, 6.45) is -19.0. The van der Waals surface area contributed by atoms with Crippen LogP contribution in [0.1, 0.15) is 0 Å². The van der Waals surface area contributed by atoms with Crippen LogP contribution in [0.5, 0.6) is 0 Å². The molecule has 0 amide bonds. The summed E-state index contributed by atoms with van der Waals surface area (Å²) >= 11 is 14.0. The standard InChI is InChI=1S/C6Cl3F9O2/c7-1(4(10,11)12)3(8,9)20-2(19-1,5(13,14)15)6(16,17)18. The highest BCUT2D eigenvalue weighted by molar-refractivity contribution is 6.52. The van der Waals surface area contributed by atoms with Gasteiger partial charge in [0.05, 0.1) is 0 Å². The predicted octanol–water partition coefficient (Wildman–Crippen LogP) is 4.48. The van der Waals surface area contributed by atoms with Gasteiger partial charge in [-0.2, -0.15) is 39.5 Å². The van der Waals surface area contributed by atoms with E-state index in [2.05, 4.69) is 21.1 Å². The molecule has 1 heterocycles. The van der Waals surface area contributed by atoms with Crippen molar-refractivity contribution < 1.29 is 49.0 Å². The first-order valence-electron chi connectivity index (χ1n) is 4.08. The molecule has 0 radical (unpaired) electrons. The number of alkyl halides is 12.